The first-order valence-electron chi connectivity index (χ1n) is 12.1. The van der Waals surface area contributed by atoms with Crippen LogP contribution in [0, 0.1) is 0 Å². The fourth-order valence-corrected chi connectivity index (χ4v) is 5.87. The minimum Gasteiger partial charge on any atom is -0.368 e. The summed E-state index contributed by atoms with van der Waals surface area (Å²) in [5.41, 5.74) is 14.6. The number of amides is 5. The first-order valence-corrected chi connectivity index (χ1v) is 13.1. The molecule has 0 spiro atoms. The van der Waals surface area contributed by atoms with Crippen LogP contribution < -0.4 is 27.0 Å². The van der Waals surface area contributed by atoms with Gasteiger partial charge in [-0.25, -0.2) is 4.79 Å². The van der Waals surface area contributed by atoms with Crippen molar-refractivity contribution in [3.8, 4) is 0 Å². The van der Waals surface area contributed by atoms with Crippen LogP contribution in [0.5, 0.6) is 0 Å². The first kappa shape index (κ1) is 27.2. The molecule has 6 N–H and O–H groups in total. The lowest BCUT2D eigenvalue weighted by molar-refractivity contribution is -0.121. The number of primary amides is 1. The zero-order valence-electron chi connectivity index (χ0n) is 19.9. The molecule has 12 nitrogen and oxygen atoms in total. The normalized spacial score (nSPS) is 20.9. The zero-order valence-corrected chi connectivity index (χ0v) is 20.8. The highest BCUT2D eigenvalue weighted by atomic mass is 32.2. The van der Waals surface area contributed by atoms with Crippen LogP contribution in [0.1, 0.15) is 55.3 Å². The van der Waals surface area contributed by atoms with Crippen molar-refractivity contribution >= 4 is 41.2 Å². The predicted octanol–water partition coefficient (Wildman–Crippen LogP) is 2.22. The molecule has 2 aliphatic heterocycles. The minimum atomic E-state index is -0.821. The number of azide groups is 1. The molecule has 194 valence electrons. The lowest BCUT2D eigenvalue weighted by Crippen LogP contribution is -2.44. The van der Waals surface area contributed by atoms with Gasteiger partial charge in [0.05, 0.1) is 12.1 Å². The van der Waals surface area contributed by atoms with Gasteiger partial charge in [0.2, 0.25) is 11.8 Å². The third-order valence-corrected chi connectivity index (χ3v) is 7.77. The highest BCUT2D eigenvalue weighted by molar-refractivity contribution is 8.00. The summed E-state index contributed by atoms with van der Waals surface area (Å²) in [6.45, 7) is 0.485. The van der Waals surface area contributed by atoms with E-state index < -0.39 is 17.9 Å². The van der Waals surface area contributed by atoms with E-state index in [-0.39, 0.29) is 24.0 Å². The number of thioether (sulfide) groups is 1. The van der Waals surface area contributed by atoms with Crippen LogP contribution in [0.4, 0.5) is 10.5 Å². The van der Waals surface area contributed by atoms with Crippen LogP contribution in [-0.2, 0) is 9.59 Å². The van der Waals surface area contributed by atoms with Crippen LogP contribution >= 0.6 is 11.8 Å². The number of nitrogens with one attached hydrogen (secondary N) is 4. The molecule has 2 saturated heterocycles. The number of carbonyl (C=O) groups excluding carboxylic acids is 4. The Balaban J connectivity index is 1.26. The molecule has 2 heterocycles. The van der Waals surface area contributed by atoms with E-state index in [0.29, 0.717) is 48.7 Å². The molecule has 3 rings (SSSR count). The third-order valence-electron chi connectivity index (χ3n) is 6.26. The van der Waals surface area contributed by atoms with E-state index >= 15 is 0 Å². The summed E-state index contributed by atoms with van der Waals surface area (Å²) in [5.74, 6) is -0.150. The van der Waals surface area contributed by atoms with Crippen molar-refractivity contribution in [3.05, 3.63) is 40.3 Å². The fraction of sp³-hybridized carbons (Fsp3) is 0.565. The largest absolute Gasteiger partial charge is 0.368 e. The first-order chi connectivity index (χ1) is 17.4. The topological polar surface area (TPSA) is 191 Å². The quantitative estimate of drug-likeness (QED) is 0.0831. The van der Waals surface area contributed by atoms with E-state index in [1.165, 1.54) is 24.3 Å². The van der Waals surface area contributed by atoms with Crippen molar-refractivity contribution in [2.75, 3.05) is 12.3 Å². The van der Waals surface area contributed by atoms with Gasteiger partial charge in [-0.3, -0.25) is 14.4 Å². The lowest BCUT2D eigenvalue weighted by Gasteiger charge is -2.16. The van der Waals surface area contributed by atoms with E-state index in [1.54, 1.807) is 0 Å². The van der Waals surface area contributed by atoms with Gasteiger partial charge in [-0.05, 0) is 49.8 Å². The van der Waals surface area contributed by atoms with Gasteiger partial charge in [0.15, 0.2) is 0 Å². The van der Waals surface area contributed by atoms with E-state index in [1.807, 2.05) is 11.8 Å². The summed E-state index contributed by atoms with van der Waals surface area (Å²) in [5, 5.41) is 15.3. The SMILES string of the molecule is [N-]=[N+]=Nc1ccc(C(=O)NC(CCCCNC(=O)CCCC[C@@H]2SC[C@@H]3NC(=O)N[C@@H]32)C(N)=O)cc1. The third kappa shape index (κ3) is 8.06. The zero-order chi connectivity index (χ0) is 25.9. The summed E-state index contributed by atoms with van der Waals surface area (Å²) >= 11 is 1.87. The maximum Gasteiger partial charge on any atom is 0.315 e. The number of unbranched alkanes of at least 4 members (excludes halogenated alkanes) is 2. The summed E-state index contributed by atoms with van der Waals surface area (Å²) in [4.78, 5) is 50.3. The molecular formula is C23H32N8O4S. The van der Waals surface area contributed by atoms with Crippen molar-refractivity contribution in [1.82, 2.24) is 21.3 Å². The Labute approximate surface area is 213 Å². The Hall–Kier alpha value is -3.44. The van der Waals surface area contributed by atoms with E-state index in [4.69, 9.17) is 11.3 Å². The number of fused-ring (bicyclic) bond motifs is 1. The van der Waals surface area contributed by atoms with Gasteiger partial charge in [0.25, 0.3) is 5.91 Å². The predicted molar refractivity (Wildman–Crippen MR) is 137 cm³/mol. The Bertz CT molecular complexity index is 998. The highest BCUT2D eigenvalue weighted by Gasteiger charge is 2.42. The second kappa shape index (κ2) is 13.6. The molecule has 1 aromatic rings. The molecule has 0 bridgehead atoms. The molecule has 2 fully saturated rings. The highest BCUT2D eigenvalue weighted by Crippen LogP contribution is 2.33. The van der Waals surface area contributed by atoms with Crippen molar-refractivity contribution < 1.29 is 19.2 Å². The van der Waals surface area contributed by atoms with Crippen LogP contribution in [0.15, 0.2) is 29.4 Å². The molecule has 0 aromatic heterocycles. The number of rotatable bonds is 14. The van der Waals surface area contributed by atoms with E-state index in [9.17, 15) is 19.2 Å². The smallest absolute Gasteiger partial charge is 0.315 e. The van der Waals surface area contributed by atoms with Crippen molar-refractivity contribution in [2.24, 2.45) is 10.8 Å². The second-order valence-electron chi connectivity index (χ2n) is 8.88. The molecule has 0 saturated carbocycles. The molecule has 36 heavy (non-hydrogen) atoms. The van der Waals surface area contributed by atoms with Crippen LogP contribution in [0.2, 0.25) is 0 Å². The number of benzene rings is 1. The average Bonchev–Trinajstić information content (AvgIpc) is 3.40. The van der Waals surface area contributed by atoms with E-state index in [2.05, 4.69) is 31.3 Å². The number of hydrogen-bond acceptors (Lipinski definition) is 6. The summed E-state index contributed by atoms with van der Waals surface area (Å²) < 4.78 is 0. The Morgan fingerprint density at radius 2 is 1.94 bits per heavy atom. The van der Waals surface area contributed by atoms with Gasteiger partial charge in [0.1, 0.15) is 6.04 Å². The molecule has 2 aliphatic rings. The number of nitrogens with two attached hydrogens (primary N) is 1. The van der Waals surface area contributed by atoms with Crippen molar-refractivity contribution in [1.29, 1.82) is 0 Å². The minimum absolute atomic E-state index is 0.00767. The number of hydrogen-bond donors (Lipinski definition) is 5. The Kier molecular flexibility index (Phi) is 10.3. The van der Waals surface area contributed by atoms with Gasteiger partial charge in [-0.1, -0.05) is 23.7 Å². The maximum absolute atomic E-state index is 12.4. The number of nitrogens with zero attached hydrogens (tertiary/aromatic N) is 3. The van der Waals surface area contributed by atoms with Crippen LogP contribution in [0.3, 0.4) is 0 Å². The van der Waals surface area contributed by atoms with Gasteiger partial charge in [-0.15, -0.1) is 0 Å². The Morgan fingerprint density at radius 1 is 1.17 bits per heavy atom. The standard InChI is InChI=1S/C23H32N8O4S/c24-21(33)16(27-22(34)14-8-10-15(11-9-14)30-31-25)5-3-4-12-26-19(32)7-2-1-6-18-20-17(13-36-18)28-23(35)29-20/h8-11,16-18,20H,1-7,12-13H2,(H2,24,33)(H,26,32)(H,27,34)(H2,28,29,35)/t16?,17-,18-,20-/m0/s1. The molecular weight excluding hydrogens is 484 g/mol. The number of urea groups is 1. The maximum atomic E-state index is 12.4. The van der Waals surface area contributed by atoms with Gasteiger partial charge in [0, 0.05) is 40.1 Å². The molecule has 1 unspecified atom stereocenters. The van der Waals surface area contributed by atoms with Crippen LogP contribution in [-0.4, -0.2) is 59.4 Å². The van der Waals surface area contributed by atoms with Crippen molar-refractivity contribution in [3.63, 3.8) is 0 Å². The Morgan fingerprint density at radius 3 is 2.67 bits per heavy atom. The summed E-state index contributed by atoms with van der Waals surface area (Å²) in [6.07, 6.45) is 4.76. The summed E-state index contributed by atoms with van der Waals surface area (Å²) in [7, 11) is 0. The lowest BCUT2D eigenvalue weighted by atomic mass is 10.0. The number of carbonyl (C=O) groups is 4. The molecule has 5 amide bonds. The molecule has 1 aromatic carbocycles. The average molecular weight is 517 g/mol. The monoisotopic (exact) mass is 516 g/mol. The fourth-order valence-electron chi connectivity index (χ4n) is 4.32. The summed E-state index contributed by atoms with van der Waals surface area (Å²) in [6, 6.07) is 5.51. The van der Waals surface area contributed by atoms with Gasteiger partial charge < -0.3 is 27.0 Å². The second-order valence-corrected chi connectivity index (χ2v) is 10.2. The molecule has 0 aliphatic carbocycles. The van der Waals surface area contributed by atoms with Gasteiger partial charge in [-0.2, -0.15) is 11.8 Å². The molecule has 0 radical (unpaired) electrons. The van der Waals surface area contributed by atoms with E-state index in [0.717, 1.165) is 25.0 Å². The molecule has 13 heteroatoms. The van der Waals surface area contributed by atoms with Gasteiger partial charge >= 0.3 is 6.03 Å². The van der Waals surface area contributed by atoms with Crippen molar-refractivity contribution in [2.45, 2.75) is 68.3 Å². The molecule has 4 atom stereocenters. The van der Waals surface area contributed by atoms with Crippen LogP contribution in [0.25, 0.3) is 10.4 Å².